The van der Waals surface area contributed by atoms with Crippen LogP contribution in [0.4, 0.5) is 0 Å². The van der Waals surface area contributed by atoms with Gasteiger partial charge in [-0.25, -0.2) is 0 Å². The average molecular weight is 264 g/mol. The van der Waals surface area contributed by atoms with E-state index in [1.54, 1.807) is 0 Å². The van der Waals surface area contributed by atoms with E-state index in [4.69, 9.17) is 9.47 Å². The molecule has 1 spiro atoms. The van der Waals surface area contributed by atoms with Crippen molar-refractivity contribution in [2.45, 2.75) is 64.6 Å². The third-order valence-electron chi connectivity index (χ3n) is 5.76. The zero-order valence-electron chi connectivity index (χ0n) is 12.5. The van der Waals surface area contributed by atoms with Gasteiger partial charge in [-0.3, -0.25) is 0 Å². The number of hydrogen-bond acceptors (Lipinski definition) is 2. The van der Waals surface area contributed by atoms with Crippen LogP contribution in [0, 0.1) is 17.3 Å². The van der Waals surface area contributed by atoms with Gasteiger partial charge in [0.1, 0.15) is 0 Å². The zero-order chi connectivity index (χ0) is 13.3. The lowest BCUT2D eigenvalue weighted by Gasteiger charge is -2.66. The number of fused-ring (bicyclic) bond motifs is 2. The van der Waals surface area contributed by atoms with Crippen molar-refractivity contribution in [3.05, 3.63) is 12.2 Å². The maximum Gasteiger partial charge on any atom is 0.177 e. The second kappa shape index (κ2) is 5.21. The molecule has 2 aliphatic carbocycles. The van der Waals surface area contributed by atoms with E-state index >= 15 is 0 Å². The first-order chi connectivity index (χ1) is 9.27. The monoisotopic (exact) mass is 264 g/mol. The molecule has 3 rings (SSSR count). The first-order valence-electron chi connectivity index (χ1n) is 8.21. The highest BCUT2D eigenvalue weighted by molar-refractivity contribution is 5.22. The number of allylic oxidation sites excluding steroid dienone is 2. The third kappa shape index (κ3) is 1.83. The highest BCUT2D eigenvalue weighted by Gasteiger charge is 2.72. The van der Waals surface area contributed by atoms with Crippen LogP contribution in [0.5, 0.6) is 0 Å². The Hall–Kier alpha value is -0.340. The van der Waals surface area contributed by atoms with Gasteiger partial charge in [0.15, 0.2) is 5.79 Å². The fourth-order valence-corrected chi connectivity index (χ4v) is 4.89. The van der Waals surface area contributed by atoms with E-state index in [1.807, 2.05) is 0 Å². The lowest BCUT2D eigenvalue weighted by Crippen LogP contribution is -2.70. The molecule has 3 unspecified atom stereocenters. The van der Waals surface area contributed by atoms with Gasteiger partial charge in [0, 0.05) is 11.3 Å². The maximum absolute atomic E-state index is 6.16. The fraction of sp³-hybridized carbons (Fsp3) is 0.882. The Kier molecular flexibility index (Phi) is 3.74. The Morgan fingerprint density at radius 2 is 1.95 bits per heavy atom. The molecular formula is C17H28O2. The Balaban J connectivity index is 1.75. The van der Waals surface area contributed by atoms with Gasteiger partial charge in [0.05, 0.1) is 13.2 Å². The molecule has 0 radical (unpaired) electrons. The summed E-state index contributed by atoms with van der Waals surface area (Å²) in [5.74, 6) is 0.966. The summed E-state index contributed by atoms with van der Waals surface area (Å²) in [5, 5.41) is 0. The van der Waals surface area contributed by atoms with Gasteiger partial charge in [-0.05, 0) is 25.2 Å². The summed E-state index contributed by atoms with van der Waals surface area (Å²) in [5.41, 5.74) is 0.283. The summed E-state index contributed by atoms with van der Waals surface area (Å²) >= 11 is 0. The summed E-state index contributed by atoms with van der Waals surface area (Å²) in [4.78, 5) is 0. The summed E-state index contributed by atoms with van der Waals surface area (Å²) < 4.78 is 12.3. The Morgan fingerprint density at radius 1 is 1.16 bits per heavy atom. The molecule has 0 bridgehead atoms. The van der Waals surface area contributed by atoms with Crippen LogP contribution in [0.3, 0.4) is 0 Å². The minimum Gasteiger partial charge on any atom is -0.347 e. The Labute approximate surface area is 117 Å². The van der Waals surface area contributed by atoms with Gasteiger partial charge < -0.3 is 9.47 Å². The standard InChI is InChI=1S/C17H28O2/c1-3-4-5-7-10-16-11-8-6-9-15(16)14(2)17(16)18-12-13-19-17/h6,9,14-15H,3-5,7-8,10-13H2,1-2H3. The predicted molar refractivity (Wildman–Crippen MR) is 76.9 cm³/mol. The van der Waals surface area contributed by atoms with E-state index in [2.05, 4.69) is 26.0 Å². The molecule has 1 saturated carbocycles. The van der Waals surface area contributed by atoms with Crippen LogP contribution in [-0.2, 0) is 9.47 Å². The van der Waals surface area contributed by atoms with E-state index in [0.29, 0.717) is 11.8 Å². The molecule has 0 amide bonds. The van der Waals surface area contributed by atoms with Gasteiger partial charge in [-0.15, -0.1) is 0 Å². The minimum absolute atomic E-state index is 0.241. The highest BCUT2D eigenvalue weighted by atomic mass is 16.7. The lowest BCUT2D eigenvalue weighted by atomic mass is 9.45. The summed E-state index contributed by atoms with van der Waals surface area (Å²) in [6.07, 6.45) is 13.9. The molecule has 2 fully saturated rings. The van der Waals surface area contributed by atoms with Crippen molar-refractivity contribution in [1.29, 1.82) is 0 Å². The molecule has 1 heterocycles. The number of ether oxygens (including phenoxy) is 2. The number of rotatable bonds is 5. The SMILES string of the molecule is CCCCCCC12CCC=CC1C(C)C21OCCO1. The van der Waals surface area contributed by atoms with Crippen molar-refractivity contribution in [1.82, 2.24) is 0 Å². The summed E-state index contributed by atoms with van der Waals surface area (Å²) in [6, 6.07) is 0. The zero-order valence-corrected chi connectivity index (χ0v) is 12.5. The molecule has 1 saturated heterocycles. The Morgan fingerprint density at radius 3 is 2.68 bits per heavy atom. The van der Waals surface area contributed by atoms with Crippen molar-refractivity contribution in [2.75, 3.05) is 13.2 Å². The van der Waals surface area contributed by atoms with Crippen LogP contribution in [-0.4, -0.2) is 19.0 Å². The maximum atomic E-state index is 6.16. The van der Waals surface area contributed by atoms with E-state index < -0.39 is 0 Å². The van der Waals surface area contributed by atoms with Crippen molar-refractivity contribution in [2.24, 2.45) is 17.3 Å². The van der Waals surface area contributed by atoms with Crippen molar-refractivity contribution < 1.29 is 9.47 Å². The van der Waals surface area contributed by atoms with Gasteiger partial charge in [-0.1, -0.05) is 51.7 Å². The first-order valence-corrected chi connectivity index (χ1v) is 8.21. The second-order valence-electron chi connectivity index (χ2n) is 6.61. The van der Waals surface area contributed by atoms with Crippen LogP contribution < -0.4 is 0 Å². The topological polar surface area (TPSA) is 18.5 Å². The molecule has 0 aromatic rings. The van der Waals surface area contributed by atoms with Crippen LogP contribution in [0.15, 0.2) is 12.2 Å². The molecule has 0 aromatic carbocycles. The molecule has 19 heavy (non-hydrogen) atoms. The Bertz CT molecular complexity index is 343. The van der Waals surface area contributed by atoms with Crippen LogP contribution in [0.1, 0.15) is 58.8 Å². The summed E-state index contributed by atoms with van der Waals surface area (Å²) in [7, 11) is 0. The van der Waals surface area contributed by atoms with Crippen LogP contribution in [0.2, 0.25) is 0 Å². The quantitative estimate of drug-likeness (QED) is 0.544. The van der Waals surface area contributed by atoms with E-state index in [9.17, 15) is 0 Å². The molecule has 108 valence electrons. The van der Waals surface area contributed by atoms with E-state index in [1.165, 1.54) is 44.9 Å². The largest absolute Gasteiger partial charge is 0.347 e. The smallest absolute Gasteiger partial charge is 0.177 e. The highest BCUT2D eigenvalue weighted by Crippen LogP contribution is 2.68. The fourth-order valence-electron chi connectivity index (χ4n) is 4.89. The normalized spacial score (nSPS) is 39.3. The molecule has 1 aliphatic heterocycles. The molecule has 0 aromatic heterocycles. The molecule has 3 aliphatic rings. The van der Waals surface area contributed by atoms with Gasteiger partial charge >= 0.3 is 0 Å². The van der Waals surface area contributed by atoms with Gasteiger partial charge in [-0.2, -0.15) is 0 Å². The van der Waals surface area contributed by atoms with E-state index in [0.717, 1.165) is 13.2 Å². The van der Waals surface area contributed by atoms with Crippen molar-refractivity contribution >= 4 is 0 Å². The molecule has 0 N–H and O–H groups in total. The van der Waals surface area contributed by atoms with Gasteiger partial charge in [0.25, 0.3) is 0 Å². The van der Waals surface area contributed by atoms with Crippen LogP contribution in [0.25, 0.3) is 0 Å². The number of unbranched alkanes of at least 4 members (excludes halogenated alkanes) is 3. The molecule has 2 nitrogen and oxygen atoms in total. The third-order valence-corrected chi connectivity index (χ3v) is 5.76. The number of hydrogen-bond donors (Lipinski definition) is 0. The van der Waals surface area contributed by atoms with E-state index in [-0.39, 0.29) is 11.2 Å². The van der Waals surface area contributed by atoms with Gasteiger partial charge in [0.2, 0.25) is 0 Å². The van der Waals surface area contributed by atoms with Crippen LogP contribution >= 0.6 is 0 Å². The lowest BCUT2D eigenvalue weighted by molar-refractivity contribution is -0.361. The molecule has 3 atom stereocenters. The first kappa shape index (κ1) is 13.6. The second-order valence-corrected chi connectivity index (χ2v) is 6.61. The minimum atomic E-state index is -0.241. The van der Waals surface area contributed by atoms with Crippen molar-refractivity contribution in [3.8, 4) is 0 Å². The molecular weight excluding hydrogens is 236 g/mol. The average Bonchev–Trinajstić information content (AvgIpc) is 2.95. The summed E-state index contributed by atoms with van der Waals surface area (Å²) in [6.45, 7) is 6.17. The van der Waals surface area contributed by atoms with Crippen molar-refractivity contribution in [3.63, 3.8) is 0 Å². The molecule has 2 heteroatoms. The predicted octanol–water partition coefficient (Wildman–Crippen LogP) is 4.30.